The number of ether oxygens (including phenoxy) is 1. The van der Waals surface area contributed by atoms with Gasteiger partial charge in [-0.2, -0.15) is 0 Å². The number of halogens is 1. The van der Waals surface area contributed by atoms with Gasteiger partial charge in [-0.3, -0.25) is 9.79 Å². The van der Waals surface area contributed by atoms with E-state index in [1.165, 1.54) is 12.1 Å². The second-order valence-electron chi connectivity index (χ2n) is 6.48. The third-order valence-corrected chi connectivity index (χ3v) is 4.08. The lowest BCUT2D eigenvalue weighted by Crippen LogP contribution is -2.41. The van der Waals surface area contributed by atoms with Crippen molar-refractivity contribution in [2.45, 2.75) is 13.3 Å². The number of carbonyl (C=O) groups is 1. The summed E-state index contributed by atoms with van der Waals surface area (Å²) in [6.45, 7) is 4.82. The number of nitrogens with one attached hydrogen (secondary N) is 2. The van der Waals surface area contributed by atoms with Crippen molar-refractivity contribution < 1.29 is 13.9 Å². The van der Waals surface area contributed by atoms with Gasteiger partial charge in [-0.05, 0) is 36.8 Å². The second-order valence-corrected chi connectivity index (χ2v) is 6.48. The van der Waals surface area contributed by atoms with Crippen LogP contribution in [-0.2, 0) is 11.2 Å². The first-order valence-corrected chi connectivity index (χ1v) is 9.77. The molecule has 0 atom stereocenters. The average Bonchev–Trinajstić information content (AvgIpc) is 2.71. The zero-order valence-electron chi connectivity index (χ0n) is 17.0. The van der Waals surface area contributed by atoms with Crippen molar-refractivity contribution in [1.82, 2.24) is 15.5 Å². The van der Waals surface area contributed by atoms with Crippen LogP contribution in [0.2, 0.25) is 0 Å². The predicted molar refractivity (Wildman–Crippen MR) is 114 cm³/mol. The van der Waals surface area contributed by atoms with Crippen LogP contribution in [0.3, 0.4) is 0 Å². The van der Waals surface area contributed by atoms with Crippen molar-refractivity contribution >= 4 is 11.9 Å². The number of likely N-dealkylation sites (N-methyl/N-ethyl adjacent to an activating group) is 1. The Balaban J connectivity index is 1.73. The average molecular weight is 400 g/mol. The maximum atomic E-state index is 13.2. The SMILES string of the molecule is CCNC(=NCCNC(=O)Cc1cccc(F)c1)N(C)CCOc1ccccc1. The van der Waals surface area contributed by atoms with Gasteiger partial charge in [-0.25, -0.2) is 4.39 Å². The third kappa shape index (κ3) is 8.64. The fourth-order valence-corrected chi connectivity index (χ4v) is 2.64. The molecule has 2 aromatic carbocycles. The molecule has 156 valence electrons. The topological polar surface area (TPSA) is 66.0 Å². The van der Waals surface area contributed by atoms with E-state index in [4.69, 9.17) is 4.74 Å². The van der Waals surface area contributed by atoms with Gasteiger partial charge in [0.15, 0.2) is 5.96 Å². The number of benzene rings is 2. The number of carbonyl (C=O) groups excluding carboxylic acids is 1. The van der Waals surface area contributed by atoms with Crippen LogP contribution in [0.5, 0.6) is 5.75 Å². The van der Waals surface area contributed by atoms with Gasteiger partial charge in [0.25, 0.3) is 0 Å². The molecule has 0 unspecified atom stereocenters. The van der Waals surface area contributed by atoms with Gasteiger partial charge in [-0.15, -0.1) is 0 Å². The Kier molecular flexibility index (Phi) is 9.48. The van der Waals surface area contributed by atoms with Crippen molar-refractivity contribution in [1.29, 1.82) is 0 Å². The lowest BCUT2D eigenvalue weighted by molar-refractivity contribution is -0.120. The molecule has 0 aliphatic carbocycles. The number of rotatable bonds is 10. The molecule has 0 aliphatic rings. The van der Waals surface area contributed by atoms with Gasteiger partial charge < -0.3 is 20.3 Å². The molecule has 0 heterocycles. The molecule has 0 aromatic heterocycles. The Morgan fingerprint density at radius 3 is 2.66 bits per heavy atom. The Labute approximate surface area is 171 Å². The van der Waals surface area contributed by atoms with E-state index >= 15 is 0 Å². The Morgan fingerprint density at radius 2 is 1.93 bits per heavy atom. The van der Waals surface area contributed by atoms with Crippen molar-refractivity contribution in [3.05, 3.63) is 66.0 Å². The third-order valence-electron chi connectivity index (χ3n) is 4.08. The molecule has 0 saturated carbocycles. The summed E-state index contributed by atoms with van der Waals surface area (Å²) in [5, 5.41) is 6.04. The molecule has 0 fully saturated rings. The van der Waals surface area contributed by atoms with Crippen molar-refractivity contribution in [2.75, 3.05) is 39.8 Å². The minimum atomic E-state index is -0.338. The van der Waals surface area contributed by atoms with E-state index in [0.29, 0.717) is 31.8 Å². The van der Waals surface area contributed by atoms with Crippen LogP contribution in [0.1, 0.15) is 12.5 Å². The van der Waals surface area contributed by atoms with Crippen LogP contribution in [0.4, 0.5) is 4.39 Å². The fraction of sp³-hybridized carbons (Fsp3) is 0.364. The summed E-state index contributed by atoms with van der Waals surface area (Å²) in [7, 11) is 1.94. The summed E-state index contributed by atoms with van der Waals surface area (Å²) in [5.41, 5.74) is 0.650. The van der Waals surface area contributed by atoms with Gasteiger partial charge in [0, 0.05) is 20.1 Å². The molecule has 0 aliphatic heterocycles. The first-order chi connectivity index (χ1) is 14.1. The number of guanidine groups is 1. The summed E-state index contributed by atoms with van der Waals surface area (Å²) in [6.07, 6.45) is 0.151. The highest BCUT2D eigenvalue weighted by Crippen LogP contribution is 2.08. The summed E-state index contributed by atoms with van der Waals surface area (Å²) in [6, 6.07) is 15.7. The van der Waals surface area contributed by atoms with Crippen molar-refractivity contribution in [3.63, 3.8) is 0 Å². The normalized spacial score (nSPS) is 11.1. The molecule has 0 bridgehead atoms. The molecule has 0 saturated heterocycles. The Hall–Kier alpha value is -3.09. The van der Waals surface area contributed by atoms with E-state index in [-0.39, 0.29) is 18.1 Å². The van der Waals surface area contributed by atoms with Crippen molar-refractivity contribution in [3.8, 4) is 5.75 Å². The minimum absolute atomic E-state index is 0.151. The molecule has 1 amide bonds. The number of hydrogen-bond donors (Lipinski definition) is 2. The van der Waals surface area contributed by atoms with E-state index in [9.17, 15) is 9.18 Å². The van der Waals surface area contributed by atoms with Crippen molar-refractivity contribution in [2.24, 2.45) is 4.99 Å². The number of amides is 1. The molecular formula is C22H29FN4O2. The van der Waals surface area contributed by atoms with Crippen LogP contribution in [0.25, 0.3) is 0 Å². The summed E-state index contributed by atoms with van der Waals surface area (Å²) >= 11 is 0. The minimum Gasteiger partial charge on any atom is -0.492 e. The molecular weight excluding hydrogens is 371 g/mol. The number of para-hydroxylation sites is 1. The van der Waals surface area contributed by atoms with E-state index in [2.05, 4.69) is 15.6 Å². The van der Waals surface area contributed by atoms with Crippen LogP contribution in [-0.4, -0.2) is 56.6 Å². The highest BCUT2D eigenvalue weighted by atomic mass is 19.1. The standard InChI is InChI=1S/C22H29FN4O2/c1-3-24-22(27(2)14-15-29-20-10-5-4-6-11-20)26-13-12-25-21(28)17-18-8-7-9-19(23)16-18/h4-11,16H,3,12-15,17H2,1-2H3,(H,24,26)(H,25,28). The van der Waals surface area contributed by atoms with Gasteiger partial charge in [0.1, 0.15) is 18.2 Å². The second kappa shape index (κ2) is 12.4. The molecule has 6 nitrogen and oxygen atoms in total. The van der Waals surface area contributed by atoms with E-state index < -0.39 is 0 Å². The zero-order chi connectivity index (χ0) is 20.9. The molecule has 2 rings (SSSR count). The first-order valence-electron chi connectivity index (χ1n) is 9.77. The number of hydrogen-bond acceptors (Lipinski definition) is 3. The Morgan fingerprint density at radius 1 is 1.14 bits per heavy atom. The summed E-state index contributed by atoms with van der Waals surface area (Å²) in [4.78, 5) is 18.5. The summed E-state index contributed by atoms with van der Waals surface area (Å²) < 4.78 is 18.9. The lowest BCUT2D eigenvalue weighted by Gasteiger charge is -2.22. The van der Waals surface area contributed by atoms with Crippen LogP contribution in [0, 0.1) is 5.82 Å². The van der Waals surface area contributed by atoms with Crippen LogP contribution < -0.4 is 15.4 Å². The van der Waals surface area contributed by atoms with E-state index in [1.807, 2.05) is 49.2 Å². The van der Waals surface area contributed by atoms with Gasteiger partial charge in [-0.1, -0.05) is 30.3 Å². The maximum absolute atomic E-state index is 13.2. The number of aliphatic imine (C=N–C) groups is 1. The largest absolute Gasteiger partial charge is 0.492 e. The highest BCUT2D eigenvalue weighted by Gasteiger charge is 2.07. The van der Waals surface area contributed by atoms with E-state index in [1.54, 1.807) is 12.1 Å². The molecule has 0 spiro atoms. The van der Waals surface area contributed by atoms with E-state index in [0.717, 1.165) is 18.3 Å². The molecule has 0 radical (unpaired) electrons. The maximum Gasteiger partial charge on any atom is 0.224 e. The van der Waals surface area contributed by atoms with Gasteiger partial charge in [0.2, 0.25) is 5.91 Å². The molecule has 2 aromatic rings. The zero-order valence-corrected chi connectivity index (χ0v) is 17.0. The van der Waals surface area contributed by atoms with Gasteiger partial charge >= 0.3 is 0 Å². The fourth-order valence-electron chi connectivity index (χ4n) is 2.64. The highest BCUT2D eigenvalue weighted by molar-refractivity contribution is 5.80. The number of nitrogens with zero attached hydrogens (tertiary/aromatic N) is 2. The van der Waals surface area contributed by atoms with Gasteiger partial charge in [0.05, 0.1) is 19.5 Å². The quantitative estimate of drug-likeness (QED) is 0.365. The van der Waals surface area contributed by atoms with Crippen LogP contribution >= 0.6 is 0 Å². The molecule has 29 heavy (non-hydrogen) atoms. The monoisotopic (exact) mass is 400 g/mol. The lowest BCUT2D eigenvalue weighted by atomic mass is 10.1. The predicted octanol–water partition coefficient (Wildman–Crippen LogP) is 2.46. The first kappa shape index (κ1) is 22.2. The Bertz CT molecular complexity index is 783. The summed E-state index contributed by atoms with van der Waals surface area (Å²) in [5.74, 6) is 1.10. The van der Waals surface area contributed by atoms with Crippen LogP contribution in [0.15, 0.2) is 59.6 Å². The molecule has 2 N–H and O–H groups in total. The molecule has 7 heteroatoms. The smallest absolute Gasteiger partial charge is 0.224 e.